The van der Waals surface area contributed by atoms with Gasteiger partial charge in [-0.2, -0.15) is 0 Å². The van der Waals surface area contributed by atoms with Crippen LogP contribution in [0.15, 0.2) is 53.5 Å². The normalized spacial score (nSPS) is 16.2. The van der Waals surface area contributed by atoms with Crippen LogP contribution in [0.1, 0.15) is 46.0 Å². The van der Waals surface area contributed by atoms with Crippen molar-refractivity contribution < 1.29 is 19.1 Å². The van der Waals surface area contributed by atoms with Gasteiger partial charge in [-0.15, -0.1) is 0 Å². The first-order valence-electron chi connectivity index (χ1n) is 10.1. The number of ether oxygens (including phenoxy) is 2. The fraction of sp³-hybridized carbons (Fsp3) is 0.348. The number of hydrogen-bond donors (Lipinski definition) is 2. The molecule has 0 spiro atoms. The first-order valence-corrected chi connectivity index (χ1v) is 10.1. The van der Waals surface area contributed by atoms with Gasteiger partial charge >= 0.3 is 5.97 Å². The van der Waals surface area contributed by atoms with Gasteiger partial charge in [0.15, 0.2) is 0 Å². The van der Waals surface area contributed by atoms with Crippen molar-refractivity contribution in [2.75, 3.05) is 25.6 Å². The summed E-state index contributed by atoms with van der Waals surface area (Å²) in [6.45, 7) is 3.24. The number of methoxy groups -OCH3 is 1. The summed E-state index contributed by atoms with van der Waals surface area (Å²) < 4.78 is 10.4. The van der Waals surface area contributed by atoms with Crippen molar-refractivity contribution in [2.45, 2.75) is 32.3 Å². The number of amides is 1. The van der Waals surface area contributed by atoms with Crippen LogP contribution in [0.4, 0.5) is 5.69 Å². The Labute approximate surface area is 176 Å². The number of rotatable bonds is 6. The molecule has 7 nitrogen and oxygen atoms in total. The molecular formula is C23H27N3O4. The van der Waals surface area contributed by atoms with Crippen LogP contribution >= 0.6 is 0 Å². The molecule has 1 saturated heterocycles. The Bertz CT molecular complexity index is 903. The Morgan fingerprint density at radius 3 is 2.63 bits per heavy atom. The van der Waals surface area contributed by atoms with Crippen LogP contribution < -0.4 is 10.6 Å². The number of esters is 1. The Balaban J connectivity index is 1.76. The summed E-state index contributed by atoms with van der Waals surface area (Å²) >= 11 is 0. The minimum atomic E-state index is -0.434. The number of carbonyl (C=O) groups is 2. The van der Waals surface area contributed by atoms with E-state index in [9.17, 15) is 9.59 Å². The van der Waals surface area contributed by atoms with E-state index in [1.807, 2.05) is 12.1 Å². The fourth-order valence-corrected chi connectivity index (χ4v) is 3.14. The van der Waals surface area contributed by atoms with Crippen LogP contribution in [0, 0.1) is 0 Å². The van der Waals surface area contributed by atoms with Gasteiger partial charge in [-0.05, 0) is 55.2 Å². The standard InChI is InChI=1S/C23H27N3O4/c1-3-16-9-11-17(12-10-16)21(27)26-23(24-15-20-8-5-13-30-20)25-19-7-4-6-18(14-19)22(28)29-2/h4,6-7,9-12,14,20H,3,5,8,13,15H2,1-2H3,(H2,24,25,26,27)/t20-/m1/s1. The summed E-state index contributed by atoms with van der Waals surface area (Å²) in [5.41, 5.74) is 2.73. The van der Waals surface area contributed by atoms with E-state index in [0.717, 1.165) is 31.4 Å². The van der Waals surface area contributed by atoms with Crippen LogP contribution in [-0.4, -0.2) is 44.2 Å². The number of nitrogens with one attached hydrogen (secondary N) is 2. The molecule has 158 valence electrons. The predicted octanol–water partition coefficient (Wildman–Crippen LogP) is 3.41. The van der Waals surface area contributed by atoms with Gasteiger partial charge in [-0.25, -0.2) is 9.79 Å². The summed E-state index contributed by atoms with van der Waals surface area (Å²) in [6.07, 6.45) is 2.92. The van der Waals surface area contributed by atoms with Gasteiger partial charge in [0.25, 0.3) is 5.91 Å². The van der Waals surface area contributed by atoms with Crippen molar-refractivity contribution in [3.63, 3.8) is 0 Å². The average Bonchev–Trinajstić information content (AvgIpc) is 3.31. The van der Waals surface area contributed by atoms with Gasteiger partial charge in [-0.3, -0.25) is 10.1 Å². The number of aryl methyl sites for hydroxylation is 1. The van der Waals surface area contributed by atoms with Crippen molar-refractivity contribution in [1.29, 1.82) is 0 Å². The zero-order valence-electron chi connectivity index (χ0n) is 17.3. The van der Waals surface area contributed by atoms with E-state index in [-0.39, 0.29) is 12.0 Å². The highest BCUT2D eigenvalue weighted by molar-refractivity contribution is 6.10. The Kier molecular flexibility index (Phi) is 7.57. The van der Waals surface area contributed by atoms with Crippen LogP contribution in [0.3, 0.4) is 0 Å². The van der Waals surface area contributed by atoms with Gasteiger partial charge < -0.3 is 14.8 Å². The first-order chi connectivity index (χ1) is 14.6. The topological polar surface area (TPSA) is 89.0 Å². The number of benzene rings is 2. The largest absolute Gasteiger partial charge is 0.465 e. The molecule has 1 fully saturated rings. The molecule has 1 amide bonds. The average molecular weight is 409 g/mol. The van der Waals surface area contributed by atoms with Gasteiger partial charge in [-0.1, -0.05) is 25.1 Å². The quantitative estimate of drug-likeness (QED) is 0.434. The van der Waals surface area contributed by atoms with Crippen molar-refractivity contribution in [3.05, 3.63) is 65.2 Å². The van der Waals surface area contributed by atoms with Crippen LogP contribution in [0.2, 0.25) is 0 Å². The van der Waals surface area contributed by atoms with E-state index in [1.54, 1.807) is 36.4 Å². The number of nitrogens with zero attached hydrogens (tertiary/aromatic N) is 1. The lowest BCUT2D eigenvalue weighted by atomic mass is 10.1. The third-order valence-corrected chi connectivity index (χ3v) is 4.88. The molecule has 0 bridgehead atoms. The lowest BCUT2D eigenvalue weighted by molar-refractivity contribution is 0.0600. The van der Waals surface area contributed by atoms with Gasteiger partial charge in [0.1, 0.15) is 0 Å². The van der Waals surface area contributed by atoms with Gasteiger partial charge in [0.05, 0.1) is 25.3 Å². The molecule has 1 aliphatic rings. The minimum absolute atomic E-state index is 0.0453. The maximum absolute atomic E-state index is 12.7. The molecule has 1 atom stereocenters. The molecule has 0 aromatic heterocycles. The number of anilines is 1. The SMILES string of the molecule is CCc1ccc(C(=O)NC(=NC[C@H]2CCCO2)Nc2cccc(C(=O)OC)c2)cc1. The maximum atomic E-state index is 12.7. The zero-order chi connectivity index (χ0) is 21.3. The molecule has 2 N–H and O–H groups in total. The molecule has 0 radical (unpaired) electrons. The lowest BCUT2D eigenvalue weighted by Gasteiger charge is -2.14. The number of guanidine groups is 1. The smallest absolute Gasteiger partial charge is 0.337 e. The molecule has 2 aromatic rings. The summed E-state index contributed by atoms with van der Waals surface area (Å²) in [4.78, 5) is 29.1. The number of carbonyl (C=O) groups excluding carboxylic acids is 2. The minimum Gasteiger partial charge on any atom is -0.465 e. The number of hydrogen-bond acceptors (Lipinski definition) is 5. The second-order valence-corrected chi connectivity index (χ2v) is 7.03. The Hall–Kier alpha value is -3.19. The molecule has 1 heterocycles. The van der Waals surface area contributed by atoms with E-state index >= 15 is 0 Å². The van der Waals surface area contributed by atoms with Crippen LogP contribution in [0.5, 0.6) is 0 Å². The van der Waals surface area contributed by atoms with Crippen molar-refractivity contribution in [3.8, 4) is 0 Å². The molecule has 0 saturated carbocycles. The van der Waals surface area contributed by atoms with Crippen LogP contribution in [-0.2, 0) is 15.9 Å². The number of aliphatic imine (C=N–C) groups is 1. The second kappa shape index (κ2) is 10.5. The van der Waals surface area contributed by atoms with Crippen molar-refractivity contribution in [2.24, 2.45) is 4.99 Å². The zero-order valence-corrected chi connectivity index (χ0v) is 17.3. The van der Waals surface area contributed by atoms with E-state index < -0.39 is 5.97 Å². The molecule has 0 unspecified atom stereocenters. The summed E-state index contributed by atoms with van der Waals surface area (Å²) in [5, 5.41) is 5.93. The van der Waals surface area contributed by atoms with E-state index in [0.29, 0.717) is 29.3 Å². The molecular weight excluding hydrogens is 382 g/mol. The van der Waals surface area contributed by atoms with E-state index in [1.165, 1.54) is 7.11 Å². The van der Waals surface area contributed by atoms with Crippen molar-refractivity contribution >= 4 is 23.5 Å². The fourth-order valence-electron chi connectivity index (χ4n) is 3.14. The summed E-state index contributed by atoms with van der Waals surface area (Å²) in [7, 11) is 1.33. The second-order valence-electron chi connectivity index (χ2n) is 7.03. The van der Waals surface area contributed by atoms with Gasteiger partial charge in [0, 0.05) is 17.9 Å². The van der Waals surface area contributed by atoms with Gasteiger partial charge in [0.2, 0.25) is 5.96 Å². The molecule has 30 heavy (non-hydrogen) atoms. The Morgan fingerprint density at radius 1 is 1.17 bits per heavy atom. The highest BCUT2D eigenvalue weighted by atomic mass is 16.5. The first kappa shape index (κ1) is 21.5. The summed E-state index contributed by atoms with van der Waals surface area (Å²) in [5.74, 6) is -0.394. The van der Waals surface area contributed by atoms with E-state index in [2.05, 4.69) is 22.5 Å². The predicted molar refractivity (Wildman–Crippen MR) is 116 cm³/mol. The third kappa shape index (κ3) is 5.90. The molecule has 0 aliphatic carbocycles. The van der Waals surface area contributed by atoms with Crippen molar-refractivity contribution in [1.82, 2.24) is 5.32 Å². The molecule has 1 aliphatic heterocycles. The highest BCUT2D eigenvalue weighted by Crippen LogP contribution is 2.14. The Morgan fingerprint density at radius 2 is 1.97 bits per heavy atom. The highest BCUT2D eigenvalue weighted by Gasteiger charge is 2.16. The van der Waals surface area contributed by atoms with Crippen LogP contribution in [0.25, 0.3) is 0 Å². The third-order valence-electron chi connectivity index (χ3n) is 4.88. The maximum Gasteiger partial charge on any atom is 0.337 e. The lowest BCUT2D eigenvalue weighted by Crippen LogP contribution is -2.36. The monoisotopic (exact) mass is 409 g/mol. The molecule has 3 rings (SSSR count). The summed E-state index contributed by atoms with van der Waals surface area (Å²) in [6, 6.07) is 14.3. The van der Waals surface area contributed by atoms with E-state index in [4.69, 9.17) is 9.47 Å². The molecule has 2 aromatic carbocycles. The molecule has 7 heteroatoms.